The monoisotopic (exact) mass is 420 g/mol. The number of nitrogens with one attached hydrogen (secondary N) is 1. The first-order chi connectivity index (χ1) is 13.7. The summed E-state index contributed by atoms with van der Waals surface area (Å²) in [6.45, 7) is 10.8. The molecule has 0 saturated carbocycles. The number of aromatic nitrogens is 1. The molecule has 2 unspecified atom stereocenters. The summed E-state index contributed by atoms with van der Waals surface area (Å²) in [6.07, 6.45) is 2.60. The predicted molar refractivity (Wildman–Crippen MR) is 122 cm³/mol. The first-order valence-electron chi connectivity index (χ1n) is 10.4. The molecule has 0 saturated heterocycles. The summed E-state index contributed by atoms with van der Waals surface area (Å²) in [7, 11) is 0. The maximum absolute atomic E-state index is 12.2. The molecule has 0 bridgehead atoms. The van der Waals surface area contributed by atoms with Crippen molar-refractivity contribution < 1.29 is 9.59 Å². The second-order valence-electron chi connectivity index (χ2n) is 7.60. The van der Waals surface area contributed by atoms with Gasteiger partial charge in [-0.1, -0.05) is 47.1 Å². The number of nitrogens with two attached hydrogens (primary N) is 2. The molecule has 0 spiro atoms. The van der Waals surface area contributed by atoms with E-state index >= 15 is 0 Å². The van der Waals surface area contributed by atoms with Crippen molar-refractivity contribution in [2.75, 3.05) is 6.54 Å². The molecule has 162 valence electrons. The molecular weight excluding hydrogens is 384 g/mol. The van der Waals surface area contributed by atoms with Gasteiger partial charge in [-0.05, 0) is 29.5 Å². The minimum atomic E-state index is -0.245. The van der Waals surface area contributed by atoms with E-state index < -0.39 is 0 Å². The normalized spacial score (nSPS) is 12.9. The third kappa shape index (κ3) is 8.50. The van der Waals surface area contributed by atoms with Gasteiger partial charge in [0.2, 0.25) is 11.8 Å². The van der Waals surface area contributed by atoms with Crippen molar-refractivity contribution in [3.63, 3.8) is 0 Å². The topological polar surface area (TPSA) is 111 Å². The molecule has 2 atom stereocenters. The highest BCUT2D eigenvalue weighted by atomic mass is 32.1. The molecule has 0 fully saturated rings. The molecule has 7 heteroatoms. The van der Waals surface area contributed by atoms with E-state index in [4.69, 9.17) is 5.73 Å². The Hall–Kier alpha value is -1.99. The fourth-order valence-corrected chi connectivity index (χ4v) is 3.69. The van der Waals surface area contributed by atoms with Gasteiger partial charge in [0.25, 0.3) is 0 Å². The van der Waals surface area contributed by atoms with Crippen LogP contribution >= 0.6 is 11.3 Å². The second-order valence-corrected chi connectivity index (χ2v) is 8.72. The minimum Gasteiger partial charge on any atom is -0.370 e. The molecule has 29 heavy (non-hydrogen) atoms. The average molecular weight is 421 g/mol. The third-order valence-corrected chi connectivity index (χ3v) is 6.05. The molecule has 5 N–H and O–H groups in total. The number of thiazole rings is 1. The van der Waals surface area contributed by atoms with Gasteiger partial charge in [0.05, 0.1) is 15.2 Å². The second kappa shape index (κ2) is 12.5. The highest BCUT2D eigenvalue weighted by molar-refractivity contribution is 7.18. The number of amides is 2. The maximum atomic E-state index is 12.2. The molecule has 0 radical (unpaired) electrons. The van der Waals surface area contributed by atoms with Crippen molar-refractivity contribution in [2.24, 2.45) is 17.4 Å². The van der Waals surface area contributed by atoms with Crippen LogP contribution < -0.4 is 16.8 Å². The van der Waals surface area contributed by atoms with Crippen LogP contribution in [0.3, 0.4) is 0 Å². The summed E-state index contributed by atoms with van der Waals surface area (Å²) in [4.78, 5) is 26.4. The van der Waals surface area contributed by atoms with Crippen molar-refractivity contribution in [1.82, 2.24) is 10.3 Å². The van der Waals surface area contributed by atoms with E-state index in [0.717, 1.165) is 16.9 Å². The highest BCUT2D eigenvalue weighted by Crippen LogP contribution is 2.26. The van der Waals surface area contributed by atoms with Crippen molar-refractivity contribution in [3.8, 4) is 0 Å². The zero-order valence-corrected chi connectivity index (χ0v) is 19.1. The number of carbonyl (C=O) groups is 2. The number of rotatable bonds is 9. The number of aryl methyl sites for hydroxylation is 1. The van der Waals surface area contributed by atoms with Crippen LogP contribution in [0.1, 0.15) is 70.4 Å². The molecule has 6 nitrogen and oxygen atoms in total. The number of benzene rings is 1. The summed E-state index contributed by atoms with van der Waals surface area (Å²) < 4.78 is 1.20. The van der Waals surface area contributed by atoms with Crippen molar-refractivity contribution >= 4 is 33.4 Å². The van der Waals surface area contributed by atoms with Gasteiger partial charge < -0.3 is 16.8 Å². The number of hydrogen-bond acceptors (Lipinski definition) is 5. The molecule has 2 amide bonds. The number of nitrogens with zero attached hydrogens (tertiary/aromatic N) is 1. The Morgan fingerprint density at radius 2 is 1.86 bits per heavy atom. The van der Waals surface area contributed by atoms with Crippen LogP contribution in [0.25, 0.3) is 10.2 Å². The molecule has 2 aromatic rings. The molecule has 1 aromatic carbocycles. The van der Waals surface area contributed by atoms with E-state index in [1.54, 1.807) is 18.3 Å². The molecule has 1 heterocycles. The smallest absolute Gasteiger partial charge is 0.220 e. The van der Waals surface area contributed by atoms with Gasteiger partial charge >= 0.3 is 0 Å². The van der Waals surface area contributed by atoms with E-state index in [2.05, 4.69) is 61.9 Å². The van der Waals surface area contributed by atoms with Crippen LogP contribution in [0.2, 0.25) is 0 Å². The molecular formula is C22H36N4O2S. The first kappa shape index (κ1) is 25.0. The zero-order valence-electron chi connectivity index (χ0n) is 18.3. The lowest BCUT2D eigenvalue weighted by molar-refractivity contribution is -0.122. The van der Waals surface area contributed by atoms with Crippen molar-refractivity contribution in [1.29, 1.82) is 0 Å². The lowest BCUT2D eigenvalue weighted by Crippen LogP contribution is -2.44. The van der Waals surface area contributed by atoms with E-state index in [0.29, 0.717) is 37.6 Å². The Kier molecular flexibility index (Phi) is 10.8. The number of primary amides is 1. The molecule has 0 aliphatic heterocycles. The van der Waals surface area contributed by atoms with E-state index in [9.17, 15) is 9.59 Å². The van der Waals surface area contributed by atoms with E-state index in [1.165, 1.54) is 10.3 Å². The van der Waals surface area contributed by atoms with Gasteiger partial charge in [-0.2, -0.15) is 0 Å². The van der Waals surface area contributed by atoms with Crippen LogP contribution in [0.5, 0.6) is 0 Å². The summed E-state index contributed by atoms with van der Waals surface area (Å²) in [5, 5.41) is 4.08. The van der Waals surface area contributed by atoms with Crippen LogP contribution in [0.4, 0.5) is 0 Å². The number of hydrogen-bond donors (Lipinski definition) is 3. The lowest BCUT2D eigenvalue weighted by Gasteiger charge is -2.22. The fourth-order valence-electron chi connectivity index (χ4n) is 2.67. The summed E-state index contributed by atoms with van der Waals surface area (Å²) in [5.41, 5.74) is 12.8. The van der Waals surface area contributed by atoms with Crippen LogP contribution in [0.15, 0.2) is 18.2 Å². The van der Waals surface area contributed by atoms with Crippen molar-refractivity contribution in [3.05, 3.63) is 28.8 Å². The molecule has 1 aromatic heterocycles. The molecule has 0 aliphatic carbocycles. The Balaban J connectivity index is 0.000000749. The van der Waals surface area contributed by atoms with Gasteiger partial charge in [-0.15, -0.1) is 11.3 Å². The first-order valence-corrected chi connectivity index (χ1v) is 11.2. The largest absolute Gasteiger partial charge is 0.370 e. The van der Waals surface area contributed by atoms with E-state index in [-0.39, 0.29) is 17.9 Å². The SMILES string of the molecule is CCC(C)C(CN)NC(=O)CCc1nc2ccc(C(C)C)cc2s1.CCC(N)=O. The van der Waals surface area contributed by atoms with Gasteiger partial charge in [0.1, 0.15) is 0 Å². The minimum absolute atomic E-state index is 0.0615. The Labute approximate surface area is 178 Å². The fraction of sp³-hybridized carbons (Fsp3) is 0.591. The zero-order chi connectivity index (χ0) is 22.0. The predicted octanol–water partition coefficient (Wildman–Crippen LogP) is 3.72. The lowest BCUT2D eigenvalue weighted by atomic mass is 9.99. The summed E-state index contributed by atoms with van der Waals surface area (Å²) in [5.74, 6) is 0.730. The number of fused-ring (bicyclic) bond motifs is 1. The maximum Gasteiger partial charge on any atom is 0.220 e. The summed E-state index contributed by atoms with van der Waals surface area (Å²) >= 11 is 1.69. The third-order valence-electron chi connectivity index (χ3n) is 4.97. The summed E-state index contributed by atoms with van der Waals surface area (Å²) in [6, 6.07) is 6.50. The Bertz CT molecular complexity index is 788. The van der Waals surface area contributed by atoms with Gasteiger partial charge in [-0.3, -0.25) is 9.59 Å². The quantitative estimate of drug-likeness (QED) is 0.574. The van der Waals surface area contributed by atoms with Gasteiger partial charge in [0, 0.05) is 31.8 Å². The van der Waals surface area contributed by atoms with Crippen LogP contribution in [0, 0.1) is 5.92 Å². The van der Waals surface area contributed by atoms with Crippen LogP contribution in [-0.2, 0) is 16.0 Å². The van der Waals surface area contributed by atoms with Gasteiger partial charge in [0.15, 0.2) is 0 Å². The molecule has 0 aliphatic rings. The van der Waals surface area contributed by atoms with Crippen LogP contribution in [-0.4, -0.2) is 29.4 Å². The Morgan fingerprint density at radius 1 is 1.21 bits per heavy atom. The average Bonchev–Trinajstić information content (AvgIpc) is 3.12. The molecule has 2 rings (SSSR count). The highest BCUT2D eigenvalue weighted by Gasteiger charge is 2.17. The van der Waals surface area contributed by atoms with Gasteiger partial charge in [-0.25, -0.2) is 4.98 Å². The van der Waals surface area contributed by atoms with Crippen molar-refractivity contribution in [2.45, 2.75) is 72.3 Å². The number of carbonyl (C=O) groups excluding carboxylic acids is 2. The van der Waals surface area contributed by atoms with E-state index in [1.807, 2.05) is 0 Å². The standard InChI is InChI=1S/C19H29N3OS.C3H7NO/c1-5-13(4)16(11-20)21-18(23)8-9-19-22-15-7-6-14(12(2)3)10-17(15)24-19;1-2-3(4)5/h6-7,10,12-13,16H,5,8-9,11,20H2,1-4H3,(H,21,23);2H2,1H3,(H2,4,5). The Morgan fingerprint density at radius 3 is 2.38 bits per heavy atom.